The Labute approximate surface area is 126 Å². The molecule has 0 bridgehead atoms. The van der Waals surface area contributed by atoms with E-state index < -0.39 is 0 Å². The zero-order valence-electron chi connectivity index (χ0n) is 12.4. The van der Waals surface area contributed by atoms with E-state index in [0.29, 0.717) is 12.0 Å². The molecule has 2 heterocycles. The molecule has 20 heavy (non-hydrogen) atoms. The molecule has 2 aliphatic carbocycles. The first-order valence-electron chi connectivity index (χ1n) is 8.26. The van der Waals surface area contributed by atoms with Crippen molar-refractivity contribution in [2.75, 3.05) is 0 Å². The Morgan fingerprint density at radius 1 is 1.40 bits per heavy atom. The minimum absolute atomic E-state index is 0.276. The van der Waals surface area contributed by atoms with Crippen LogP contribution < -0.4 is 0 Å². The zero-order valence-corrected chi connectivity index (χ0v) is 13.2. The maximum absolute atomic E-state index is 6.41. The first-order chi connectivity index (χ1) is 9.86. The summed E-state index contributed by atoms with van der Waals surface area (Å²) in [5.41, 5.74) is 3.46. The molecule has 1 fully saturated rings. The van der Waals surface area contributed by atoms with Gasteiger partial charge in [0, 0.05) is 10.8 Å². The standard InChI is InChI=1S/C18H24OS/c1-2-3-6-13-11-15-7-4-5-9-18(15)16(13)19-12-14-8-10-20-17(14)18/h8,10-11,13,16H,2-7,9,12H2,1H3. The van der Waals surface area contributed by atoms with Crippen LogP contribution in [0.15, 0.2) is 23.1 Å². The largest absolute Gasteiger partial charge is 0.372 e. The second-order valence-electron chi connectivity index (χ2n) is 6.68. The number of hydrogen-bond acceptors (Lipinski definition) is 2. The molecule has 4 rings (SSSR count). The molecule has 108 valence electrons. The van der Waals surface area contributed by atoms with Gasteiger partial charge in [-0.15, -0.1) is 11.3 Å². The van der Waals surface area contributed by atoms with Crippen molar-refractivity contribution >= 4 is 11.3 Å². The lowest BCUT2D eigenvalue weighted by molar-refractivity contribution is -0.0410. The molecular weight excluding hydrogens is 264 g/mol. The van der Waals surface area contributed by atoms with Gasteiger partial charge in [0.15, 0.2) is 0 Å². The maximum Gasteiger partial charge on any atom is 0.0784 e. The normalized spacial score (nSPS) is 35.1. The molecule has 2 heteroatoms. The smallest absolute Gasteiger partial charge is 0.0784 e. The summed E-state index contributed by atoms with van der Waals surface area (Å²) in [5, 5.41) is 2.27. The molecule has 1 aromatic heterocycles. The second kappa shape index (κ2) is 4.99. The second-order valence-corrected chi connectivity index (χ2v) is 7.60. The summed E-state index contributed by atoms with van der Waals surface area (Å²) in [4.78, 5) is 1.65. The number of fused-ring (bicyclic) bond motifs is 1. The predicted molar refractivity (Wildman–Crippen MR) is 84.1 cm³/mol. The molecule has 0 amide bonds. The van der Waals surface area contributed by atoms with Crippen molar-refractivity contribution in [2.24, 2.45) is 5.92 Å². The fourth-order valence-electron chi connectivity index (χ4n) is 4.72. The number of unbranched alkanes of at least 4 members (excludes halogenated alkanes) is 1. The van der Waals surface area contributed by atoms with Gasteiger partial charge in [0.1, 0.15) is 0 Å². The molecule has 0 aromatic carbocycles. The van der Waals surface area contributed by atoms with Crippen LogP contribution in [0.25, 0.3) is 0 Å². The third-order valence-corrected chi connectivity index (χ3v) is 6.73. The Morgan fingerprint density at radius 2 is 2.35 bits per heavy atom. The fourth-order valence-corrected chi connectivity index (χ4v) is 5.93. The minimum atomic E-state index is 0.276. The summed E-state index contributed by atoms with van der Waals surface area (Å²) in [6, 6.07) is 2.29. The topological polar surface area (TPSA) is 9.23 Å². The summed E-state index contributed by atoms with van der Waals surface area (Å²) in [6.07, 6.45) is 12.4. The van der Waals surface area contributed by atoms with E-state index in [9.17, 15) is 0 Å². The first-order valence-corrected chi connectivity index (χ1v) is 9.14. The summed E-state index contributed by atoms with van der Waals surface area (Å²) in [7, 11) is 0. The Bertz CT molecular complexity index is 529. The summed E-state index contributed by atoms with van der Waals surface area (Å²) >= 11 is 1.98. The highest BCUT2D eigenvalue weighted by atomic mass is 32.1. The van der Waals surface area contributed by atoms with E-state index in [1.165, 1.54) is 50.5 Å². The van der Waals surface area contributed by atoms with Crippen LogP contribution in [0, 0.1) is 5.92 Å². The van der Waals surface area contributed by atoms with Gasteiger partial charge in [-0.1, -0.05) is 37.8 Å². The van der Waals surface area contributed by atoms with Gasteiger partial charge in [0.25, 0.3) is 0 Å². The lowest BCUT2D eigenvalue weighted by atomic mass is 9.66. The van der Waals surface area contributed by atoms with E-state index in [2.05, 4.69) is 24.4 Å². The quantitative estimate of drug-likeness (QED) is 0.694. The summed E-state index contributed by atoms with van der Waals surface area (Å²) < 4.78 is 6.41. The highest BCUT2D eigenvalue weighted by molar-refractivity contribution is 7.10. The Morgan fingerprint density at radius 3 is 3.25 bits per heavy atom. The monoisotopic (exact) mass is 288 g/mol. The van der Waals surface area contributed by atoms with E-state index in [0.717, 1.165) is 6.61 Å². The van der Waals surface area contributed by atoms with Crippen molar-refractivity contribution < 1.29 is 4.74 Å². The SMILES string of the molecule is CCCCC1C=C2CCCCC23c2sccc2COC13. The number of hydrogen-bond donors (Lipinski definition) is 0. The predicted octanol–water partition coefficient (Wildman–Crippen LogP) is 5.21. The minimum Gasteiger partial charge on any atom is -0.372 e. The van der Waals surface area contributed by atoms with Crippen molar-refractivity contribution in [3.63, 3.8) is 0 Å². The lowest BCUT2D eigenvalue weighted by Crippen LogP contribution is -2.46. The van der Waals surface area contributed by atoms with Crippen molar-refractivity contribution in [3.8, 4) is 0 Å². The highest BCUT2D eigenvalue weighted by Crippen LogP contribution is 2.58. The van der Waals surface area contributed by atoms with E-state index in [1.807, 2.05) is 11.3 Å². The van der Waals surface area contributed by atoms with Gasteiger partial charge in [-0.2, -0.15) is 0 Å². The molecule has 3 aliphatic rings. The van der Waals surface area contributed by atoms with E-state index in [4.69, 9.17) is 4.74 Å². The number of ether oxygens (including phenoxy) is 1. The molecule has 3 unspecified atom stereocenters. The van der Waals surface area contributed by atoms with E-state index in [1.54, 1.807) is 10.5 Å². The van der Waals surface area contributed by atoms with Crippen molar-refractivity contribution in [3.05, 3.63) is 33.5 Å². The Hall–Kier alpha value is -0.600. The molecule has 1 nitrogen and oxygen atoms in total. The van der Waals surface area contributed by atoms with Crippen LogP contribution in [0.3, 0.4) is 0 Å². The van der Waals surface area contributed by atoms with Crippen molar-refractivity contribution in [1.29, 1.82) is 0 Å². The summed E-state index contributed by atoms with van der Waals surface area (Å²) in [6.45, 7) is 3.14. The molecule has 1 spiro atoms. The molecule has 0 N–H and O–H groups in total. The van der Waals surface area contributed by atoms with Gasteiger partial charge in [0.2, 0.25) is 0 Å². The van der Waals surface area contributed by atoms with Gasteiger partial charge in [0.05, 0.1) is 18.1 Å². The average Bonchev–Trinajstić information content (AvgIpc) is 3.06. The zero-order chi connectivity index (χ0) is 13.6. The van der Waals surface area contributed by atoms with Crippen LogP contribution in [-0.2, 0) is 16.8 Å². The van der Waals surface area contributed by atoms with Crippen LogP contribution in [0.1, 0.15) is 62.3 Å². The van der Waals surface area contributed by atoms with Crippen molar-refractivity contribution in [1.82, 2.24) is 0 Å². The highest BCUT2D eigenvalue weighted by Gasteiger charge is 2.55. The van der Waals surface area contributed by atoms with Gasteiger partial charge >= 0.3 is 0 Å². The van der Waals surface area contributed by atoms with Crippen molar-refractivity contribution in [2.45, 2.75) is 70.0 Å². The van der Waals surface area contributed by atoms with Crippen LogP contribution in [-0.4, -0.2) is 6.10 Å². The molecule has 1 aromatic rings. The first kappa shape index (κ1) is 13.1. The van der Waals surface area contributed by atoms with Crippen LogP contribution in [0.5, 0.6) is 0 Å². The van der Waals surface area contributed by atoms with Crippen LogP contribution in [0.4, 0.5) is 0 Å². The van der Waals surface area contributed by atoms with Gasteiger partial charge in [-0.05, 0) is 42.7 Å². The van der Waals surface area contributed by atoms with Crippen LogP contribution >= 0.6 is 11.3 Å². The third kappa shape index (κ3) is 1.70. The van der Waals surface area contributed by atoms with Crippen LogP contribution in [0.2, 0.25) is 0 Å². The average molecular weight is 288 g/mol. The number of rotatable bonds is 3. The molecular formula is C18H24OS. The summed E-state index contributed by atoms with van der Waals surface area (Å²) in [5.74, 6) is 0.665. The van der Waals surface area contributed by atoms with E-state index >= 15 is 0 Å². The Balaban J connectivity index is 1.76. The fraction of sp³-hybridized carbons (Fsp3) is 0.667. The van der Waals surface area contributed by atoms with Gasteiger partial charge in [-0.3, -0.25) is 0 Å². The molecule has 0 radical (unpaired) electrons. The van der Waals surface area contributed by atoms with Gasteiger partial charge in [-0.25, -0.2) is 0 Å². The lowest BCUT2D eigenvalue weighted by Gasteiger charge is -2.45. The molecule has 1 aliphatic heterocycles. The van der Waals surface area contributed by atoms with Gasteiger partial charge < -0.3 is 4.74 Å². The van der Waals surface area contributed by atoms with E-state index in [-0.39, 0.29) is 5.41 Å². The molecule has 0 saturated heterocycles. The molecule has 1 saturated carbocycles. The molecule has 3 atom stereocenters. The Kier molecular flexibility index (Phi) is 3.27. The number of thiophene rings is 1. The maximum atomic E-state index is 6.41. The third-order valence-electron chi connectivity index (χ3n) is 5.59.